The molecule has 94 valence electrons. The van der Waals surface area contributed by atoms with Gasteiger partial charge in [-0.3, -0.25) is 0 Å². The number of benzene rings is 2. The lowest BCUT2D eigenvalue weighted by Crippen LogP contribution is -1.82. The van der Waals surface area contributed by atoms with Crippen molar-refractivity contribution < 1.29 is 0 Å². The number of rotatable bonds is 2. The molecule has 0 saturated carbocycles. The van der Waals surface area contributed by atoms with Gasteiger partial charge in [-0.05, 0) is 46.1 Å². The number of hydrogen-bond acceptors (Lipinski definition) is 0. The van der Waals surface area contributed by atoms with E-state index in [-0.39, 0.29) is 0 Å². The number of aromatic nitrogens is 1. The summed E-state index contributed by atoms with van der Waals surface area (Å²) in [5.41, 5.74) is 4.66. The number of para-hydroxylation sites is 1. The van der Waals surface area contributed by atoms with Gasteiger partial charge in [-0.15, -0.1) is 0 Å². The van der Waals surface area contributed by atoms with Gasteiger partial charge < -0.3 is 4.98 Å². The molecular formula is C17H14BrN. The molecule has 1 heterocycles. The van der Waals surface area contributed by atoms with Gasteiger partial charge in [0.1, 0.15) is 0 Å². The molecule has 1 nitrogen and oxygen atoms in total. The summed E-state index contributed by atoms with van der Waals surface area (Å²) in [6, 6.07) is 10.5. The van der Waals surface area contributed by atoms with Crippen molar-refractivity contribution in [1.29, 1.82) is 0 Å². The van der Waals surface area contributed by atoms with Crippen LogP contribution in [0.15, 0.2) is 47.5 Å². The van der Waals surface area contributed by atoms with Crippen LogP contribution >= 0.6 is 15.9 Å². The summed E-state index contributed by atoms with van der Waals surface area (Å²) in [5, 5.41) is 2.47. The van der Waals surface area contributed by atoms with Crippen LogP contribution in [0.4, 0.5) is 0 Å². The normalized spacial score (nSPS) is 11.7. The van der Waals surface area contributed by atoms with E-state index in [0.717, 1.165) is 15.5 Å². The molecule has 0 unspecified atom stereocenters. The average molecular weight is 312 g/mol. The molecule has 3 rings (SSSR count). The quantitative estimate of drug-likeness (QED) is 0.619. The van der Waals surface area contributed by atoms with Crippen molar-refractivity contribution in [2.24, 2.45) is 0 Å². The Hall–Kier alpha value is -1.80. The highest BCUT2D eigenvalue weighted by Crippen LogP contribution is 2.34. The van der Waals surface area contributed by atoms with Crippen molar-refractivity contribution in [3.05, 3.63) is 58.6 Å². The lowest BCUT2D eigenvalue weighted by atomic mass is 10.00. The van der Waals surface area contributed by atoms with Gasteiger partial charge in [0.05, 0.1) is 5.52 Å². The SMILES string of the molecule is C=Cc1c(/C=C\C)ccc2[nH]c3c(Br)cccc3c12. The van der Waals surface area contributed by atoms with Crippen LogP contribution in [-0.2, 0) is 0 Å². The minimum atomic E-state index is 1.09. The van der Waals surface area contributed by atoms with Crippen molar-refractivity contribution in [2.45, 2.75) is 6.92 Å². The number of allylic oxidation sites excluding steroid dienone is 1. The van der Waals surface area contributed by atoms with E-state index in [1.807, 2.05) is 13.0 Å². The van der Waals surface area contributed by atoms with E-state index in [1.165, 1.54) is 21.9 Å². The summed E-state index contributed by atoms with van der Waals surface area (Å²) < 4.78 is 1.09. The first-order valence-corrected chi connectivity index (χ1v) is 7.03. The summed E-state index contributed by atoms with van der Waals surface area (Å²) in [6.07, 6.45) is 6.11. The van der Waals surface area contributed by atoms with Crippen molar-refractivity contribution >= 4 is 49.9 Å². The predicted octanol–water partition coefficient (Wildman–Crippen LogP) is 5.76. The summed E-state index contributed by atoms with van der Waals surface area (Å²) in [5.74, 6) is 0. The van der Waals surface area contributed by atoms with E-state index in [9.17, 15) is 0 Å². The number of hydrogen-bond donors (Lipinski definition) is 1. The van der Waals surface area contributed by atoms with E-state index in [1.54, 1.807) is 0 Å². The fourth-order valence-electron chi connectivity index (χ4n) is 2.57. The Labute approximate surface area is 120 Å². The van der Waals surface area contributed by atoms with Crippen LogP contribution in [-0.4, -0.2) is 4.98 Å². The van der Waals surface area contributed by atoms with Crippen LogP contribution in [0.2, 0.25) is 0 Å². The molecule has 19 heavy (non-hydrogen) atoms. The van der Waals surface area contributed by atoms with Gasteiger partial charge in [0.2, 0.25) is 0 Å². The van der Waals surface area contributed by atoms with E-state index >= 15 is 0 Å². The van der Waals surface area contributed by atoms with Crippen molar-refractivity contribution in [1.82, 2.24) is 4.98 Å². The highest BCUT2D eigenvalue weighted by atomic mass is 79.9. The summed E-state index contributed by atoms with van der Waals surface area (Å²) in [4.78, 5) is 3.47. The maximum atomic E-state index is 3.97. The molecule has 0 atom stereocenters. The van der Waals surface area contributed by atoms with Crippen LogP contribution in [0.3, 0.4) is 0 Å². The lowest BCUT2D eigenvalue weighted by molar-refractivity contribution is 1.52. The van der Waals surface area contributed by atoms with E-state index in [4.69, 9.17) is 0 Å². The molecule has 0 aliphatic rings. The van der Waals surface area contributed by atoms with E-state index < -0.39 is 0 Å². The van der Waals surface area contributed by atoms with Gasteiger partial charge in [0, 0.05) is 20.8 Å². The Bertz CT molecular complexity index is 809. The molecule has 0 amide bonds. The largest absolute Gasteiger partial charge is 0.354 e. The fourth-order valence-corrected chi connectivity index (χ4v) is 3.03. The molecular weight excluding hydrogens is 298 g/mol. The first-order valence-electron chi connectivity index (χ1n) is 6.24. The molecule has 0 spiro atoms. The van der Waals surface area contributed by atoms with Crippen LogP contribution in [0.1, 0.15) is 18.1 Å². The van der Waals surface area contributed by atoms with Crippen LogP contribution < -0.4 is 0 Å². The third-order valence-corrected chi connectivity index (χ3v) is 4.03. The number of H-pyrrole nitrogens is 1. The second kappa shape index (κ2) is 4.71. The Morgan fingerprint density at radius 3 is 2.79 bits per heavy atom. The zero-order chi connectivity index (χ0) is 13.4. The molecule has 2 heteroatoms. The van der Waals surface area contributed by atoms with Gasteiger partial charge in [-0.1, -0.05) is 43.0 Å². The first-order chi connectivity index (χ1) is 9.26. The van der Waals surface area contributed by atoms with Gasteiger partial charge in [-0.2, -0.15) is 0 Å². The lowest BCUT2D eigenvalue weighted by Gasteiger charge is -2.03. The molecule has 0 saturated heterocycles. The minimum absolute atomic E-state index is 1.09. The topological polar surface area (TPSA) is 15.8 Å². The standard InChI is InChI=1S/C17H14BrN/c1-3-6-11-9-10-15-16(12(11)4-2)13-7-5-8-14(18)17(13)19-15/h3-10,19H,2H2,1H3/b6-3-. The van der Waals surface area contributed by atoms with Gasteiger partial charge in [0.15, 0.2) is 0 Å². The molecule has 0 aliphatic heterocycles. The maximum absolute atomic E-state index is 3.97. The predicted molar refractivity (Wildman–Crippen MR) is 88.3 cm³/mol. The Morgan fingerprint density at radius 1 is 1.21 bits per heavy atom. The van der Waals surface area contributed by atoms with Gasteiger partial charge in [0.25, 0.3) is 0 Å². The molecule has 0 bridgehead atoms. The molecule has 0 aliphatic carbocycles. The van der Waals surface area contributed by atoms with E-state index in [2.05, 4.69) is 70.0 Å². The first kappa shape index (κ1) is 12.2. The summed E-state index contributed by atoms with van der Waals surface area (Å²) >= 11 is 3.60. The molecule has 0 fully saturated rings. The molecule has 0 radical (unpaired) electrons. The van der Waals surface area contributed by atoms with Gasteiger partial charge in [-0.25, -0.2) is 0 Å². The Kier molecular flexibility index (Phi) is 3.03. The highest BCUT2D eigenvalue weighted by molar-refractivity contribution is 9.10. The number of halogens is 1. The summed E-state index contributed by atoms with van der Waals surface area (Å²) in [7, 11) is 0. The van der Waals surface area contributed by atoms with Crippen molar-refractivity contribution in [3.8, 4) is 0 Å². The third kappa shape index (κ3) is 1.83. The smallest absolute Gasteiger partial charge is 0.0609 e. The highest BCUT2D eigenvalue weighted by Gasteiger charge is 2.11. The molecule has 3 aromatic rings. The minimum Gasteiger partial charge on any atom is -0.354 e. The number of nitrogens with one attached hydrogen (secondary N) is 1. The average Bonchev–Trinajstić information content (AvgIpc) is 2.79. The van der Waals surface area contributed by atoms with Crippen LogP contribution in [0, 0.1) is 0 Å². The molecule has 2 aromatic carbocycles. The van der Waals surface area contributed by atoms with Crippen molar-refractivity contribution in [3.63, 3.8) is 0 Å². The van der Waals surface area contributed by atoms with Crippen LogP contribution in [0.25, 0.3) is 34.0 Å². The second-order valence-corrected chi connectivity index (χ2v) is 5.34. The van der Waals surface area contributed by atoms with Gasteiger partial charge >= 0.3 is 0 Å². The molecule has 1 aromatic heterocycles. The zero-order valence-corrected chi connectivity index (χ0v) is 12.3. The second-order valence-electron chi connectivity index (χ2n) is 4.48. The number of aromatic amines is 1. The Balaban J connectivity index is 2.53. The van der Waals surface area contributed by atoms with Crippen LogP contribution in [0.5, 0.6) is 0 Å². The monoisotopic (exact) mass is 311 g/mol. The Morgan fingerprint density at radius 2 is 2.05 bits per heavy atom. The number of fused-ring (bicyclic) bond motifs is 3. The van der Waals surface area contributed by atoms with Crippen molar-refractivity contribution in [2.75, 3.05) is 0 Å². The summed E-state index contributed by atoms with van der Waals surface area (Å²) in [6.45, 7) is 6.00. The van der Waals surface area contributed by atoms with E-state index in [0.29, 0.717) is 0 Å². The molecule has 1 N–H and O–H groups in total. The third-order valence-electron chi connectivity index (χ3n) is 3.37. The maximum Gasteiger partial charge on any atom is 0.0609 e. The fraction of sp³-hybridized carbons (Fsp3) is 0.0588. The zero-order valence-electron chi connectivity index (χ0n) is 10.7.